The summed E-state index contributed by atoms with van der Waals surface area (Å²) in [7, 11) is 1.37. The van der Waals surface area contributed by atoms with E-state index in [1.54, 1.807) is 22.9 Å². The van der Waals surface area contributed by atoms with Crippen LogP contribution in [0.1, 0.15) is 11.8 Å². The van der Waals surface area contributed by atoms with Crippen molar-refractivity contribution < 1.29 is 9.53 Å². The Morgan fingerprint density at radius 3 is 3.16 bits per heavy atom. The van der Waals surface area contributed by atoms with E-state index in [1.165, 1.54) is 23.7 Å². The van der Waals surface area contributed by atoms with E-state index < -0.39 is 0 Å². The van der Waals surface area contributed by atoms with Crippen LogP contribution >= 0.6 is 23.1 Å². The van der Waals surface area contributed by atoms with Crippen molar-refractivity contribution in [3.05, 3.63) is 22.4 Å². The molecule has 0 bridgehead atoms. The van der Waals surface area contributed by atoms with Gasteiger partial charge in [-0.15, -0.1) is 16.4 Å². The quantitative estimate of drug-likeness (QED) is 0.596. The maximum atomic E-state index is 11.4. The number of tetrazole rings is 1. The highest BCUT2D eigenvalue weighted by Gasteiger charge is 2.18. The molecule has 2 heterocycles. The summed E-state index contributed by atoms with van der Waals surface area (Å²) in [5.41, 5.74) is 0. The zero-order chi connectivity index (χ0) is 13.7. The molecule has 6 nitrogen and oxygen atoms in total. The number of thioether (sulfide) groups is 1. The summed E-state index contributed by atoms with van der Waals surface area (Å²) in [6.45, 7) is 2.47. The summed E-state index contributed by atoms with van der Waals surface area (Å²) >= 11 is 3.01. The monoisotopic (exact) mass is 298 g/mol. The average molecular weight is 298 g/mol. The standard InChI is InChI=1S/C11H14N4O2S2/c1-8(10(16)17-2)19-11-12-13-14-15(11)6-5-9-4-3-7-18-9/h3-4,7-8H,5-6H2,1-2H3. The number of thiophene rings is 1. The van der Waals surface area contributed by atoms with Crippen LogP contribution in [0.5, 0.6) is 0 Å². The second-order valence-corrected chi connectivity index (χ2v) is 6.14. The van der Waals surface area contributed by atoms with Gasteiger partial charge in [0.15, 0.2) is 0 Å². The molecule has 0 fully saturated rings. The van der Waals surface area contributed by atoms with E-state index in [2.05, 4.69) is 26.3 Å². The SMILES string of the molecule is COC(=O)C(C)Sc1nnnn1CCc1cccs1. The fourth-order valence-corrected chi connectivity index (χ4v) is 3.00. The number of aromatic nitrogens is 4. The lowest BCUT2D eigenvalue weighted by Crippen LogP contribution is -2.16. The number of rotatable bonds is 6. The lowest BCUT2D eigenvalue weighted by Gasteiger charge is -2.08. The second-order valence-electron chi connectivity index (χ2n) is 3.80. The number of carbonyl (C=O) groups is 1. The Morgan fingerprint density at radius 2 is 2.47 bits per heavy atom. The number of hydrogen-bond donors (Lipinski definition) is 0. The summed E-state index contributed by atoms with van der Waals surface area (Å²) in [6.07, 6.45) is 0.878. The first-order chi connectivity index (χ1) is 9.20. The van der Waals surface area contributed by atoms with Crippen molar-refractivity contribution in [2.75, 3.05) is 7.11 Å². The number of carbonyl (C=O) groups excluding carboxylic acids is 1. The number of methoxy groups -OCH3 is 1. The van der Waals surface area contributed by atoms with Gasteiger partial charge in [-0.25, -0.2) is 4.68 Å². The highest BCUT2D eigenvalue weighted by Crippen LogP contribution is 2.21. The summed E-state index contributed by atoms with van der Waals surface area (Å²) < 4.78 is 6.40. The highest BCUT2D eigenvalue weighted by molar-refractivity contribution is 8.00. The minimum absolute atomic E-state index is 0.280. The molecule has 19 heavy (non-hydrogen) atoms. The molecule has 2 aromatic rings. The third-order valence-electron chi connectivity index (χ3n) is 2.46. The topological polar surface area (TPSA) is 69.9 Å². The largest absolute Gasteiger partial charge is 0.468 e. The van der Waals surface area contributed by atoms with Crippen molar-refractivity contribution in [3.63, 3.8) is 0 Å². The summed E-state index contributed by atoms with van der Waals surface area (Å²) in [5, 5.41) is 13.9. The Kier molecular flexibility index (Phi) is 4.92. The smallest absolute Gasteiger partial charge is 0.318 e. The summed E-state index contributed by atoms with van der Waals surface area (Å²) in [4.78, 5) is 12.7. The zero-order valence-corrected chi connectivity index (χ0v) is 12.3. The molecular weight excluding hydrogens is 284 g/mol. The van der Waals surface area contributed by atoms with Gasteiger partial charge in [-0.3, -0.25) is 4.79 Å². The predicted octanol–water partition coefficient (Wildman–Crippen LogP) is 1.63. The highest BCUT2D eigenvalue weighted by atomic mass is 32.2. The van der Waals surface area contributed by atoms with Gasteiger partial charge in [-0.05, 0) is 28.8 Å². The molecule has 0 saturated carbocycles. The molecule has 0 aliphatic rings. The van der Waals surface area contributed by atoms with Gasteiger partial charge in [0, 0.05) is 11.3 Å². The molecule has 0 amide bonds. The minimum Gasteiger partial charge on any atom is -0.468 e. The third kappa shape index (κ3) is 3.77. The van der Waals surface area contributed by atoms with Crippen molar-refractivity contribution in [2.24, 2.45) is 0 Å². The van der Waals surface area contributed by atoms with Gasteiger partial charge in [0.05, 0.1) is 13.7 Å². The molecule has 0 saturated heterocycles. The molecule has 0 spiro atoms. The van der Waals surface area contributed by atoms with Crippen LogP contribution in [-0.2, 0) is 22.5 Å². The van der Waals surface area contributed by atoms with Crippen molar-refractivity contribution >= 4 is 29.1 Å². The number of nitrogens with zero attached hydrogens (tertiary/aromatic N) is 4. The summed E-state index contributed by atoms with van der Waals surface area (Å²) in [6, 6.07) is 4.10. The number of esters is 1. The molecule has 2 rings (SSSR count). The van der Waals surface area contributed by atoms with Crippen molar-refractivity contribution in [3.8, 4) is 0 Å². The fourth-order valence-electron chi connectivity index (χ4n) is 1.46. The van der Waals surface area contributed by atoms with Gasteiger partial charge in [0.25, 0.3) is 0 Å². The normalized spacial score (nSPS) is 12.3. The Morgan fingerprint density at radius 1 is 1.63 bits per heavy atom. The van der Waals surface area contributed by atoms with Crippen molar-refractivity contribution in [1.82, 2.24) is 20.2 Å². The minimum atomic E-state index is -0.323. The Balaban J connectivity index is 1.95. The molecular formula is C11H14N4O2S2. The van der Waals surface area contributed by atoms with E-state index in [9.17, 15) is 4.79 Å². The molecule has 0 aromatic carbocycles. The maximum absolute atomic E-state index is 11.4. The van der Waals surface area contributed by atoms with Crippen LogP contribution in [0.4, 0.5) is 0 Å². The Hall–Kier alpha value is -1.41. The van der Waals surface area contributed by atoms with Crippen LogP contribution in [0.25, 0.3) is 0 Å². The van der Waals surface area contributed by atoms with Crippen LogP contribution in [0.15, 0.2) is 22.7 Å². The molecule has 1 unspecified atom stereocenters. The first-order valence-electron chi connectivity index (χ1n) is 5.73. The number of hydrogen-bond acceptors (Lipinski definition) is 7. The second kappa shape index (κ2) is 6.67. The number of ether oxygens (including phenoxy) is 1. The van der Waals surface area contributed by atoms with Gasteiger partial charge < -0.3 is 4.74 Å². The van der Waals surface area contributed by atoms with Crippen LogP contribution in [0.3, 0.4) is 0 Å². The average Bonchev–Trinajstić information content (AvgIpc) is 3.06. The first kappa shape index (κ1) is 14.0. The van der Waals surface area contributed by atoms with Gasteiger partial charge in [0.2, 0.25) is 5.16 Å². The first-order valence-corrected chi connectivity index (χ1v) is 7.49. The van der Waals surface area contributed by atoms with Crippen LogP contribution in [0, 0.1) is 0 Å². The Bertz CT molecular complexity index is 527. The van der Waals surface area contributed by atoms with E-state index in [0.717, 1.165) is 6.42 Å². The zero-order valence-electron chi connectivity index (χ0n) is 10.6. The maximum Gasteiger partial charge on any atom is 0.318 e. The third-order valence-corrected chi connectivity index (χ3v) is 4.45. The van der Waals surface area contributed by atoms with Crippen LogP contribution in [0.2, 0.25) is 0 Å². The van der Waals surface area contributed by atoms with E-state index in [4.69, 9.17) is 0 Å². The molecule has 0 radical (unpaired) electrons. The molecule has 0 N–H and O–H groups in total. The molecule has 1 atom stereocenters. The fraction of sp³-hybridized carbons (Fsp3) is 0.455. The van der Waals surface area contributed by atoms with Gasteiger partial charge in [-0.1, -0.05) is 17.8 Å². The number of aryl methyl sites for hydroxylation is 2. The van der Waals surface area contributed by atoms with Gasteiger partial charge >= 0.3 is 5.97 Å². The van der Waals surface area contributed by atoms with E-state index in [-0.39, 0.29) is 11.2 Å². The lowest BCUT2D eigenvalue weighted by atomic mass is 10.3. The molecule has 2 aromatic heterocycles. The Labute approximate surface area is 119 Å². The van der Waals surface area contributed by atoms with Gasteiger partial charge in [-0.2, -0.15) is 0 Å². The molecule has 8 heteroatoms. The van der Waals surface area contributed by atoms with Crippen molar-refractivity contribution in [1.29, 1.82) is 0 Å². The van der Waals surface area contributed by atoms with Crippen LogP contribution in [-0.4, -0.2) is 38.5 Å². The molecule has 102 valence electrons. The van der Waals surface area contributed by atoms with Gasteiger partial charge in [0.1, 0.15) is 5.25 Å². The lowest BCUT2D eigenvalue weighted by molar-refractivity contribution is -0.139. The van der Waals surface area contributed by atoms with E-state index in [0.29, 0.717) is 11.7 Å². The predicted molar refractivity (Wildman–Crippen MR) is 73.2 cm³/mol. The molecule has 0 aliphatic carbocycles. The van der Waals surface area contributed by atoms with E-state index in [1.807, 2.05) is 11.4 Å². The van der Waals surface area contributed by atoms with Crippen molar-refractivity contribution in [2.45, 2.75) is 30.3 Å². The summed E-state index contributed by atoms with van der Waals surface area (Å²) in [5.74, 6) is -0.280. The van der Waals surface area contributed by atoms with E-state index >= 15 is 0 Å². The molecule has 0 aliphatic heterocycles. The van der Waals surface area contributed by atoms with Crippen LogP contribution < -0.4 is 0 Å².